The van der Waals surface area contributed by atoms with Crippen LogP contribution in [0.3, 0.4) is 0 Å². The van der Waals surface area contributed by atoms with Gasteiger partial charge >= 0.3 is 0 Å². The van der Waals surface area contributed by atoms with Gasteiger partial charge in [0.2, 0.25) is 11.2 Å². The van der Waals surface area contributed by atoms with Crippen molar-refractivity contribution >= 4 is 17.5 Å². The van der Waals surface area contributed by atoms with Gasteiger partial charge in [-0.15, -0.1) is 0 Å². The molecule has 0 amide bonds. The second-order valence-corrected chi connectivity index (χ2v) is 5.73. The van der Waals surface area contributed by atoms with E-state index in [1.54, 1.807) is 23.1 Å². The molecule has 2 aromatic rings. The highest BCUT2D eigenvalue weighted by atomic mass is 35.5. The van der Waals surface area contributed by atoms with E-state index in [2.05, 4.69) is 25.4 Å². The monoisotopic (exact) mass is 306 g/mol. The third-order valence-corrected chi connectivity index (χ3v) is 4.01. The Hall–Kier alpha value is -1.73. The first-order chi connectivity index (χ1) is 10.3. The van der Waals surface area contributed by atoms with Crippen molar-refractivity contribution in [2.75, 3.05) is 11.9 Å². The molecule has 2 aliphatic rings. The summed E-state index contributed by atoms with van der Waals surface area (Å²) in [5, 5.41) is 7.60. The second-order valence-electron chi connectivity index (χ2n) is 5.39. The Bertz CT molecular complexity index is 630. The van der Waals surface area contributed by atoms with Crippen LogP contribution >= 0.6 is 11.6 Å². The highest BCUT2D eigenvalue weighted by molar-refractivity contribution is 6.28. The molecule has 3 heterocycles. The molecule has 0 bridgehead atoms. The van der Waals surface area contributed by atoms with Crippen LogP contribution in [-0.2, 0) is 4.74 Å². The number of hydrogen-bond donors (Lipinski definition) is 1. The maximum Gasteiger partial charge on any atom is 0.256 e. The number of nitrogens with zero attached hydrogens (tertiary/aromatic N) is 5. The minimum Gasteiger partial charge on any atom is -0.376 e. The van der Waals surface area contributed by atoms with Gasteiger partial charge in [-0.3, -0.25) is 0 Å². The minimum atomic E-state index is 0.153. The first kappa shape index (κ1) is 13.0. The first-order valence-corrected chi connectivity index (χ1v) is 7.47. The van der Waals surface area contributed by atoms with Crippen molar-refractivity contribution in [3.05, 3.63) is 23.7 Å². The van der Waals surface area contributed by atoms with Crippen LogP contribution in [0.15, 0.2) is 18.5 Å². The topological polar surface area (TPSA) is 77.8 Å². The molecule has 1 saturated heterocycles. The van der Waals surface area contributed by atoms with Gasteiger partial charge < -0.3 is 10.1 Å². The molecule has 110 valence electrons. The number of rotatable bonds is 4. The number of hydrogen-bond acceptors (Lipinski definition) is 6. The molecule has 21 heavy (non-hydrogen) atoms. The van der Waals surface area contributed by atoms with Crippen molar-refractivity contribution in [1.82, 2.24) is 24.7 Å². The Kier molecular flexibility index (Phi) is 3.23. The molecular weight excluding hydrogens is 292 g/mol. The molecule has 0 spiro atoms. The molecular formula is C13H15ClN6O. The van der Waals surface area contributed by atoms with E-state index in [1.165, 1.54) is 12.8 Å². The summed E-state index contributed by atoms with van der Waals surface area (Å²) >= 11 is 5.99. The van der Waals surface area contributed by atoms with Gasteiger partial charge in [0.25, 0.3) is 5.95 Å². The zero-order chi connectivity index (χ0) is 14.2. The van der Waals surface area contributed by atoms with E-state index in [4.69, 9.17) is 16.3 Å². The fourth-order valence-corrected chi connectivity index (χ4v) is 2.87. The van der Waals surface area contributed by atoms with Crippen molar-refractivity contribution in [1.29, 1.82) is 0 Å². The van der Waals surface area contributed by atoms with Gasteiger partial charge in [-0.05, 0) is 42.8 Å². The predicted octanol–water partition coefficient (Wildman–Crippen LogP) is 1.69. The first-order valence-electron chi connectivity index (χ1n) is 7.09. The van der Waals surface area contributed by atoms with E-state index < -0.39 is 0 Å². The lowest BCUT2D eigenvalue weighted by Crippen LogP contribution is -2.32. The van der Waals surface area contributed by atoms with Gasteiger partial charge in [0.15, 0.2) is 0 Å². The average Bonchev–Trinajstić information content (AvgIpc) is 2.99. The van der Waals surface area contributed by atoms with Gasteiger partial charge in [0.1, 0.15) is 0 Å². The smallest absolute Gasteiger partial charge is 0.256 e. The highest BCUT2D eigenvalue weighted by Gasteiger charge is 2.40. The van der Waals surface area contributed by atoms with E-state index >= 15 is 0 Å². The molecule has 0 radical (unpaired) electrons. The van der Waals surface area contributed by atoms with Crippen LogP contribution in [0.2, 0.25) is 5.28 Å². The maximum absolute atomic E-state index is 5.99. The zero-order valence-corrected chi connectivity index (χ0v) is 12.1. The SMILES string of the molecule is Clc1nc(NC2CCOC2C2CC2)nc(-n2cccn2)n1. The summed E-state index contributed by atoms with van der Waals surface area (Å²) in [5.41, 5.74) is 0. The van der Waals surface area contributed by atoms with Gasteiger partial charge in [-0.2, -0.15) is 20.1 Å². The van der Waals surface area contributed by atoms with E-state index in [9.17, 15) is 0 Å². The van der Waals surface area contributed by atoms with Gasteiger partial charge in [0, 0.05) is 19.0 Å². The minimum absolute atomic E-state index is 0.153. The van der Waals surface area contributed by atoms with E-state index in [-0.39, 0.29) is 17.4 Å². The Morgan fingerprint density at radius 2 is 2.14 bits per heavy atom. The third kappa shape index (κ3) is 2.71. The Balaban J connectivity index is 1.57. The average molecular weight is 307 g/mol. The van der Waals surface area contributed by atoms with Crippen LogP contribution in [0.4, 0.5) is 5.95 Å². The van der Waals surface area contributed by atoms with Crippen molar-refractivity contribution in [3.63, 3.8) is 0 Å². The molecule has 0 aromatic carbocycles. The quantitative estimate of drug-likeness (QED) is 0.926. The van der Waals surface area contributed by atoms with Crippen LogP contribution in [0.5, 0.6) is 0 Å². The molecule has 4 rings (SSSR count). The lowest BCUT2D eigenvalue weighted by atomic mass is 10.1. The fourth-order valence-electron chi connectivity index (χ4n) is 2.71. The molecule has 1 saturated carbocycles. The van der Waals surface area contributed by atoms with E-state index in [0.29, 0.717) is 17.8 Å². The second kappa shape index (κ2) is 5.23. The Labute approximate surface area is 126 Å². The molecule has 2 atom stereocenters. The Morgan fingerprint density at radius 3 is 2.90 bits per heavy atom. The van der Waals surface area contributed by atoms with Crippen LogP contribution < -0.4 is 5.32 Å². The lowest BCUT2D eigenvalue weighted by molar-refractivity contribution is 0.0897. The maximum atomic E-state index is 5.99. The molecule has 1 aliphatic carbocycles. The summed E-state index contributed by atoms with van der Waals surface area (Å²) in [5.74, 6) is 1.55. The normalized spacial score (nSPS) is 25.2. The van der Waals surface area contributed by atoms with Crippen molar-refractivity contribution < 1.29 is 4.74 Å². The van der Waals surface area contributed by atoms with Crippen LogP contribution in [0.1, 0.15) is 19.3 Å². The zero-order valence-electron chi connectivity index (χ0n) is 11.3. The number of nitrogens with one attached hydrogen (secondary N) is 1. The standard InChI is InChI=1S/C13H15ClN6O/c14-11-17-12(19-13(18-11)20-6-1-5-15-20)16-9-4-7-21-10(9)8-2-3-8/h1,5-6,8-10H,2-4,7H2,(H,16,17,18,19). The van der Waals surface area contributed by atoms with E-state index in [1.807, 2.05) is 0 Å². The number of ether oxygens (including phenoxy) is 1. The number of halogens is 1. The van der Waals surface area contributed by atoms with Crippen molar-refractivity contribution in [2.45, 2.75) is 31.4 Å². The summed E-state index contributed by atoms with van der Waals surface area (Å²) in [7, 11) is 0. The molecule has 2 fully saturated rings. The highest BCUT2D eigenvalue weighted by Crippen LogP contribution is 2.39. The van der Waals surface area contributed by atoms with Crippen LogP contribution in [-0.4, -0.2) is 43.5 Å². The summed E-state index contributed by atoms with van der Waals surface area (Å²) in [6.45, 7) is 0.781. The number of aromatic nitrogens is 5. The molecule has 1 aliphatic heterocycles. The lowest BCUT2D eigenvalue weighted by Gasteiger charge is -2.19. The van der Waals surface area contributed by atoms with E-state index in [0.717, 1.165) is 13.0 Å². The molecule has 7 nitrogen and oxygen atoms in total. The van der Waals surface area contributed by atoms with Gasteiger partial charge in [-0.25, -0.2) is 4.68 Å². The summed E-state index contributed by atoms with van der Waals surface area (Å²) in [4.78, 5) is 12.6. The molecule has 1 N–H and O–H groups in total. The Morgan fingerprint density at radius 1 is 1.24 bits per heavy atom. The van der Waals surface area contributed by atoms with Crippen molar-refractivity contribution in [2.24, 2.45) is 5.92 Å². The summed E-state index contributed by atoms with van der Waals surface area (Å²) in [6, 6.07) is 2.04. The summed E-state index contributed by atoms with van der Waals surface area (Å²) < 4.78 is 7.37. The fraction of sp³-hybridized carbons (Fsp3) is 0.538. The summed E-state index contributed by atoms with van der Waals surface area (Å²) in [6.07, 6.45) is 7.15. The molecule has 2 aromatic heterocycles. The van der Waals surface area contributed by atoms with Crippen LogP contribution in [0, 0.1) is 5.92 Å². The largest absolute Gasteiger partial charge is 0.376 e. The number of anilines is 1. The molecule has 2 unspecified atom stereocenters. The molecule has 8 heteroatoms. The van der Waals surface area contributed by atoms with Crippen molar-refractivity contribution in [3.8, 4) is 5.95 Å². The van der Waals surface area contributed by atoms with Gasteiger partial charge in [-0.1, -0.05) is 0 Å². The third-order valence-electron chi connectivity index (χ3n) is 3.84. The van der Waals surface area contributed by atoms with Gasteiger partial charge in [0.05, 0.1) is 12.1 Å². The predicted molar refractivity (Wildman–Crippen MR) is 76.5 cm³/mol. The van der Waals surface area contributed by atoms with Crippen LogP contribution in [0.25, 0.3) is 5.95 Å².